The van der Waals surface area contributed by atoms with Crippen LogP contribution in [0.2, 0.25) is 0 Å². The van der Waals surface area contributed by atoms with Crippen LogP contribution in [-0.2, 0) is 17.2 Å². The maximum absolute atomic E-state index is 13.8. The van der Waals surface area contributed by atoms with E-state index in [-0.39, 0.29) is 23.4 Å². The first-order valence-electron chi connectivity index (χ1n) is 9.60. The number of hydrogen-bond donors (Lipinski definition) is 2. The highest BCUT2D eigenvalue weighted by Crippen LogP contribution is 2.35. The van der Waals surface area contributed by atoms with Crippen molar-refractivity contribution in [2.45, 2.75) is 50.8 Å². The van der Waals surface area contributed by atoms with Crippen molar-refractivity contribution in [3.05, 3.63) is 47.8 Å². The van der Waals surface area contributed by atoms with Crippen molar-refractivity contribution in [2.75, 3.05) is 11.9 Å². The van der Waals surface area contributed by atoms with Crippen LogP contribution >= 0.6 is 0 Å². The smallest absolute Gasteiger partial charge is 0.319 e. The minimum absolute atomic E-state index is 0.0988. The fraction of sp³-hybridized carbons (Fsp3) is 0.500. The summed E-state index contributed by atoms with van der Waals surface area (Å²) in [5.41, 5.74) is 0.823. The molecular formula is C20H24F2N4O2. The van der Waals surface area contributed by atoms with Gasteiger partial charge in [-0.05, 0) is 37.3 Å². The average molecular weight is 390 g/mol. The number of nitrogens with zero attached hydrogens (tertiary/aromatic N) is 2. The van der Waals surface area contributed by atoms with Gasteiger partial charge in [0.05, 0.1) is 17.4 Å². The lowest BCUT2D eigenvalue weighted by Gasteiger charge is -2.22. The van der Waals surface area contributed by atoms with E-state index in [0.717, 1.165) is 19.2 Å². The van der Waals surface area contributed by atoms with Crippen molar-refractivity contribution in [1.82, 2.24) is 15.1 Å². The minimum Gasteiger partial charge on any atom is -0.370 e. The molecule has 2 amide bonds. The Balaban J connectivity index is 1.44. The lowest BCUT2D eigenvalue weighted by atomic mass is 10.1. The van der Waals surface area contributed by atoms with E-state index in [2.05, 4.69) is 15.7 Å². The van der Waals surface area contributed by atoms with E-state index < -0.39 is 12.0 Å². The van der Waals surface area contributed by atoms with Gasteiger partial charge in [-0.1, -0.05) is 18.2 Å². The van der Waals surface area contributed by atoms with Gasteiger partial charge in [0.1, 0.15) is 6.10 Å². The van der Waals surface area contributed by atoms with Gasteiger partial charge in [0.2, 0.25) is 0 Å². The van der Waals surface area contributed by atoms with Crippen LogP contribution in [0.25, 0.3) is 0 Å². The topological polar surface area (TPSA) is 68.2 Å². The van der Waals surface area contributed by atoms with Gasteiger partial charge >= 0.3 is 6.03 Å². The number of nitrogens with one attached hydrogen (secondary N) is 2. The molecule has 1 aromatic carbocycles. The van der Waals surface area contributed by atoms with Crippen LogP contribution in [0.3, 0.4) is 0 Å². The van der Waals surface area contributed by atoms with E-state index in [1.165, 1.54) is 31.0 Å². The Morgan fingerprint density at radius 1 is 1.29 bits per heavy atom. The first-order valence-corrected chi connectivity index (χ1v) is 9.60. The molecule has 0 unspecified atom stereocenters. The minimum atomic E-state index is -3.04. The normalized spacial score (nSPS) is 22.2. The van der Waals surface area contributed by atoms with E-state index in [1.54, 1.807) is 12.3 Å². The highest BCUT2D eigenvalue weighted by Gasteiger charge is 2.35. The largest absolute Gasteiger partial charge is 0.370 e. The summed E-state index contributed by atoms with van der Waals surface area (Å²) >= 11 is 0. The molecule has 0 radical (unpaired) electrons. The maximum Gasteiger partial charge on any atom is 0.319 e. The lowest BCUT2D eigenvalue weighted by Crippen LogP contribution is -2.40. The number of carbonyl (C=O) groups is 1. The average Bonchev–Trinajstić information content (AvgIpc) is 3.14. The Morgan fingerprint density at radius 3 is 2.82 bits per heavy atom. The molecule has 0 spiro atoms. The van der Waals surface area contributed by atoms with Crippen LogP contribution in [0.4, 0.5) is 19.3 Å². The van der Waals surface area contributed by atoms with Gasteiger partial charge < -0.3 is 15.4 Å². The molecule has 1 aliphatic heterocycles. The zero-order valence-corrected chi connectivity index (χ0v) is 15.7. The summed E-state index contributed by atoms with van der Waals surface area (Å²) in [6.45, 7) is 2.20. The summed E-state index contributed by atoms with van der Waals surface area (Å²) in [7, 11) is 0. The third-order valence-electron chi connectivity index (χ3n) is 5.23. The summed E-state index contributed by atoms with van der Waals surface area (Å²) in [6.07, 6.45) is 4.54. The van der Waals surface area contributed by atoms with Gasteiger partial charge in [0, 0.05) is 31.8 Å². The van der Waals surface area contributed by atoms with Gasteiger partial charge in [-0.2, -0.15) is 5.10 Å². The molecule has 2 aliphatic rings. The molecule has 4 rings (SSSR count). The molecule has 150 valence electrons. The van der Waals surface area contributed by atoms with Gasteiger partial charge in [0.15, 0.2) is 0 Å². The van der Waals surface area contributed by atoms with Crippen LogP contribution in [0.15, 0.2) is 36.5 Å². The number of ether oxygens (including phenoxy) is 1. The molecule has 6 nitrogen and oxygen atoms in total. The van der Waals surface area contributed by atoms with E-state index >= 15 is 0 Å². The molecule has 1 saturated heterocycles. The van der Waals surface area contributed by atoms with Gasteiger partial charge in [-0.15, -0.1) is 0 Å². The predicted molar refractivity (Wildman–Crippen MR) is 100 cm³/mol. The Bertz CT molecular complexity index is 845. The number of hydrogen-bond acceptors (Lipinski definition) is 3. The Morgan fingerprint density at radius 2 is 2.07 bits per heavy atom. The monoisotopic (exact) mass is 390 g/mol. The van der Waals surface area contributed by atoms with Gasteiger partial charge in [-0.3, -0.25) is 4.68 Å². The predicted octanol–water partition coefficient (Wildman–Crippen LogP) is 4.06. The summed E-state index contributed by atoms with van der Waals surface area (Å²) in [6, 6.07) is 7.07. The Hall–Kier alpha value is -2.48. The third kappa shape index (κ3) is 4.16. The molecule has 0 bridgehead atoms. The summed E-state index contributed by atoms with van der Waals surface area (Å²) < 4.78 is 35.4. The summed E-state index contributed by atoms with van der Waals surface area (Å²) in [5, 5.41) is 9.82. The van der Waals surface area contributed by atoms with Gasteiger partial charge in [-0.25, -0.2) is 13.6 Å². The van der Waals surface area contributed by atoms with Crippen molar-refractivity contribution in [2.24, 2.45) is 5.92 Å². The molecule has 2 atom stereocenters. The molecule has 2 aromatic rings. The van der Waals surface area contributed by atoms with Crippen molar-refractivity contribution in [3.63, 3.8) is 0 Å². The fourth-order valence-electron chi connectivity index (χ4n) is 3.61. The second-order valence-electron chi connectivity index (χ2n) is 7.60. The van der Waals surface area contributed by atoms with Crippen molar-refractivity contribution >= 4 is 11.7 Å². The highest BCUT2D eigenvalue weighted by molar-refractivity contribution is 5.90. The third-order valence-corrected chi connectivity index (χ3v) is 5.23. The van der Waals surface area contributed by atoms with E-state index in [9.17, 15) is 13.6 Å². The van der Waals surface area contributed by atoms with Crippen LogP contribution in [0.5, 0.6) is 0 Å². The van der Waals surface area contributed by atoms with Crippen LogP contribution in [-0.4, -0.2) is 28.5 Å². The standard InChI is InChI=1S/C20H24F2N4O2/c1-20(21,22)14-4-2-3-5-15(14)24-19(27)25-16-9-11-28-18(16)17-8-10-23-26(17)12-13-6-7-13/h2-5,8,10,13,16,18H,6-7,9,11-12H2,1H3,(H2,24,25,27)/t16-,18-/m1/s1. The maximum atomic E-state index is 13.8. The first kappa shape index (κ1) is 18.9. The second kappa shape index (κ2) is 7.50. The Kier molecular flexibility index (Phi) is 5.05. The molecule has 1 aromatic heterocycles. The number of carbonyl (C=O) groups excluding carboxylic acids is 1. The molecule has 1 aliphatic carbocycles. The van der Waals surface area contributed by atoms with Crippen molar-refractivity contribution in [1.29, 1.82) is 0 Å². The van der Waals surface area contributed by atoms with Gasteiger partial charge in [0.25, 0.3) is 5.92 Å². The number of benzene rings is 1. The van der Waals surface area contributed by atoms with E-state index in [4.69, 9.17) is 4.74 Å². The number of halogens is 2. The molecule has 1 saturated carbocycles. The molecule has 2 fully saturated rings. The number of aromatic nitrogens is 2. The lowest BCUT2D eigenvalue weighted by molar-refractivity contribution is 0.0183. The Labute approximate surface area is 162 Å². The fourth-order valence-corrected chi connectivity index (χ4v) is 3.61. The molecular weight excluding hydrogens is 366 g/mol. The molecule has 2 N–H and O–H groups in total. The number of urea groups is 1. The van der Waals surface area contributed by atoms with Crippen LogP contribution in [0.1, 0.15) is 43.5 Å². The van der Waals surface area contributed by atoms with Crippen molar-refractivity contribution < 1.29 is 18.3 Å². The zero-order chi connectivity index (χ0) is 19.7. The van der Waals surface area contributed by atoms with Crippen LogP contribution in [0, 0.1) is 5.92 Å². The number of amides is 2. The highest BCUT2D eigenvalue weighted by atomic mass is 19.3. The molecule has 2 heterocycles. The summed E-state index contributed by atoms with van der Waals surface area (Å²) in [4.78, 5) is 12.5. The van der Waals surface area contributed by atoms with E-state index in [1.807, 2.05) is 10.7 Å². The zero-order valence-electron chi connectivity index (χ0n) is 15.7. The number of anilines is 1. The number of rotatable bonds is 6. The van der Waals surface area contributed by atoms with Crippen LogP contribution < -0.4 is 10.6 Å². The molecule has 28 heavy (non-hydrogen) atoms. The first-order chi connectivity index (χ1) is 13.4. The quantitative estimate of drug-likeness (QED) is 0.782. The van der Waals surface area contributed by atoms with E-state index in [0.29, 0.717) is 18.9 Å². The summed E-state index contributed by atoms with van der Waals surface area (Å²) in [5.74, 6) is -2.37. The molecule has 8 heteroatoms. The number of para-hydroxylation sites is 1. The van der Waals surface area contributed by atoms with Crippen molar-refractivity contribution in [3.8, 4) is 0 Å². The number of alkyl halides is 2. The second-order valence-corrected chi connectivity index (χ2v) is 7.60. The SMILES string of the molecule is CC(F)(F)c1ccccc1NC(=O)N[C@@H]1CCO[C@H]1c1ccnn1CC1CC1.